The van der Waals surface area contributed by atoms with Crippen LogP contribution in [0.1, 0.15) is 12.0 Å². The highest BCUT2D eigenvalue weighted by atomic mass is 32.2. The van der Waals surface area contributed by atoms with Crippen molar-refractivity contribution in [1.82, 2.24) is 4.41 Å². The van der Waals surface area contributed by atoms with Crippen molar-refractivity contribution in [2.45, 2.75) is 18.2 Å². The second-order valence-electron chi connectivity index (χ2n) is 3.51. The van der Waals surface area contributed by atoms with E-state index in [0.29, 0.717) is 6.42 Å². The Kier molecular flexibility index (Phi) is 2.78. The van der Waals surface area contributed by atoms with Crippen molar-refractivity contribution in [2.75, 3.05) is 0 Å². The molecule has 1 heterocycles. The van der Waals surface area contributed by atoms with E-state index in [4.69, 9.17) is 0 Å². The summed E-state index contributed by atoms with van der Waals surface area (Å²) in [5.41, 5.74) is 1.02. The molecule has 1 aliphatic rings. The van der Waals surface area contributed by atoms with Gasteiger partial charge in [0.2, 0.25) is 0 Å². The van der Waals surface area contributed by atoms with Crippen LogP contribution in [0.2, 0.25) is 0 Å². The SMILES string of the molecule is Cc1ccc(S(=O)(=O)N2C=CCC=N2)cc1. The van der Waals surface area contributed by atoms with E-state index >= 15 is 0 Å². The van der Waals surface area contributed by atoms with Gasteiger partial charge in [0.1, 0.15) is 0 Å². The van der Waals surface area contributed by atoms with Gasteiger partial charge < -0.3 is 0 Å². The van der Waals surface area contributed by atoms with Gasteiger partial charge in [-0.05, 0) is 19.1 Å². The molecule has 0 atom stereocenters. The van der Waals surface area contributed by atoms with Gasteiger partial charge in [0.15, 0.2) is 0 Å². The zero-order valence-corrected chi connectivity index (χ0v) is 9.68. The Hall–Kier alpha value is -1.62. The van der Waals surface area contributed by atoms with Gasteiger partial charge in [-0.2, -0.15) is 17.9 Å². The molecule has 0 saturated heterocycles. The third-order valence-electron chi connectivity index (χ3n) is 2.23. The number of rotatable bonds is 2. The van der Waals surface area contributed by atoms with Gasteiger partial charge in [-0.1, -0.05) is 23.8 Å². The van der Waals surface area contributed by atoms with Gasteiger partial charge in [0.05, 0.1) is 4.90 Å². The summed E-state index contributed by atoms with van der Waals surface area (Å²) in [7, 11) is -3.53. The van der Waals surface area contributed by atoms with Crippen molar-refractivity contribution in [1.29, 1.82) is 0 Å². The topological polar surface area (TPSA) is 49.7 Å². The highest BCUT2D eigenvalue weighted by molar-refractivity contribution is 7.89. The largest absolute Gasteiger partial charge is 0.282 e. The molecular formula is C11H12N2O2S. The first-order chi connectivity index (χ1) is 7.60. The maximum absolute atomic E-state index is 12.1. The van der Waals surface area contributed by atoms with Crippen LogP contribution in [0, 0.1) is 6.92 Å². The first-order valence-corrected chi connectivity index (χ1v) is 6.35. The zero-order valence-electron chi connectivity index (χ0n) is 8.87. The van der Waals surface area contributed by atoms with E-state index in [1.165, 1.54) is 6.20 Å². The van der Waals surface area contributed by atoms with E-state index < -0.39 is 10.0 Å². The molecule has 4 nitrogen and oxygen atoms in total. The van der Waals surface area contributed by atoms with Gasteiger partial charge in [-0.3, -0.25) is 0 Å². The first kappa shape index (κ1) is 10.9. The minimum Gasteiger partial charge on any atom is -0.199 e. The van der Waals surface area contributed by atoms with Crippen LogP contribution in [0.25, 0.3) is 0 Å². The average molecular weight is 236 g/mol. The number of nitrogens with zero attached hydrogens (tertiary/aromatic N) is 2. The smallest absolute Gasteiger partial charge is 0.199 e. The summed E-state index contributed by atoms with van der Waals surface area (Å²) in [6.07, 6.45) is 5.44. The van der Waals surface area contributed by atoms with E-state index in [2.05, 4.69) is 5.10 Å². The van der Waals surface area contributed by atoms with Crippen LogP contribution in [-0.4, -0.2) is 19.0 Å². The molecule has 0 spiro atoms. The highest BCUT2D eigenvalue weighted by Crippen LogP contribution is 2.18. The third-order valence-corrected chi connectivity index (χ3v) is 3.81. The summed E-state index contributed by atoms with van der Waals surface area (Å²) in [5.74, 6) is 0. The van der Waals surface area contributed by atoms with Crippen molar-refractivity contribution >= 4 is 16.2 Å². The summed E-state index contributed by atoms with van der Waals surface area (Å²) in [6.45, 7) is 1.91. The third kappa shape index (κ3) is 1.99. The Labute approximate surface area is 94.9 Å². The highest BCUT2D eigenvalue weighted by Gasteiger charge is 2.21. The Morgan fingerprint density at radius 2 is 1.94 bits per heavy atom. The minimum atomic E-state index is -3.53. The van der Waals surface area contributed by atoms with Crippen molar-refractivity contribution in [2.24, 2.45) is 5.10 Å². The van der Waals surface area contributed by atoms with E-state index in [1.807, 2.05) is 6.92 Å². The molecule has 0 saturated carbocycles. The average Bonchev–Trinajstić information content (AvgIpc) is 2.31. The molecule has 84 valence electrons. The standard InChI is InChI=1S/C11H12N2O2S/c1-10-4-6-11(7-5-10)16(14,15)13-9-3-2-8-12-13/h3-9H,2H2,1H3. The molecule has 1 aromatic rings. The van der Waals surface area contributed by atoms with Crippen LogP contribution in [-0.2, 0) is 10.0 Å². The number of benzene rings is 1. The fourth-order valence-electron chi connectivity index (χ4n) is 1.34. The summed E-state index contributed by atoms with van der Waals surface area (Å²) < 4.78 is 25.1. The maximum atomic E-state index is 12.1. The van der Waals surface area contributed by atoms with Crippen molar-refractivity contribution in [3.8, 4) is 0 Å². The first-order valence-electron chi connectivity index (χ1n) is 4.91. The molecule has 2 rings (SSSR count). The number of allylic oxidation sites excluding steroid dienone is 1. The molecule has 1 aliphatic heterocycles. The maximum Gasteiger partial charge on any atom is 0.282 e. The summed E-state index contributed by atoms with van der Waals surface area (Å²) in [6, 6.07) is 6.71. The lowest BCUT2D eigenvalue weighted by Gasteiger charge is -2.16. The molecule has 0 amide bonds. The van der Waals surface area contributed by atoms with Gasteiger partial charge in [0, 0.05) is 18.8 Å². The number of sulfonamides is 1. The molecule has 0 aromatic heterocycles. The van der Waals surface area contributed by atoms with Crippen LogP contribution in [0.15, 0.2) is 46.5 Å². The number of hydrogen-bond donors (Lipinski definition) is 0. The molecule has 0 radical (unpaired) electrons. The second kappa shape index (κ2) is 4.09. The van der Waals surface area contributed by atoms with Crippen LogP contribution < -0.4 is 0 Å². The normalized spacial score (nSPS) is 15.4. The molecule has 0 unspecified atom stereocenters. The van der Waals surface area contributed by atoms with E-state index in [9.17, 15) is 8.42 Å². The summed E-state index contributed by atoms with van der Waals surface area (Å²) in [4.78, 5) is 0.252. The predicted octanol–water partition coefficient (Wildman–Crippen LogP) is 1.89. The zero-order chi connectivity index (χ0) is 11.6. The van der Waals surface area contributed by atoms with Gasteiger partial charge in [0.25, 0.3) is 10.0 Å². The Morgan fingerprint density at radius 1 is 1.25 bits per heavy atom. The lowest BCUT2D eigenvalue weighted by atomic mass is 10.2. The van der Waals surface area contributed by atoms with Gasteiger partial charge >= 0.3 is 0 Å². The van der Waals surface area contributed by atoms with Crippen LogP contribution in [0.3, 0.4) is 0 Å². The van der Waals surface area contributed by atoms with Crippen LogP contribution >= 0.6 is 0 Å². The number of aryl methyl sites for hydroxylation is 1. The van der Waals surface area contributed by atoms with Crippen LogP contribution in [0.5, 0.6) is 0 Å². The van der Waals surface area contributed by atoms with Crippen molar-refractivity contribution < 1.29 is 8.42 Å². The van der Waals surface area contributed by atoms with Gasteiger partial charge in [-0.25, -0.2) is 0 Å². The molecule has 0 N–H and O–H groups in total. The summed E-state index contributed by atoms with van der Waals surface area (Å²) >= 11 is 0. The van der Waals surface area contributed by atoms with Gasteiger partial charge in [-0.15, -0.1) is 0 Å². The number of hydrogen-bond acceptors (Lipinski definition) is 3. The molecule has 16 heavy (non-hydrogen) atoms. The van der Waals surface area contributed by atoms with E-state index in [1.54, 1.807) is 36.6 Å². The quantitative estimate of drug-likeness (QED) is 0.787. The number of hydrazone groups is 1. The summed E-state index contributed by atoms with van der Waals surface area (Å²) in [5, 5.41) is 3.83. The molecule has 0 aliphatic carbocycles. The molecule has 5 heteroatoms. The fourth-order valence-corrected chi connectivity index (χ4v) is 2.47. The fraction of sp³-hybridized carbons (Fsp3) is 0.182. The minimum absolute atomic E-state index is 0.252. The lowest BCUT2D eigenvalue weighted by Crippen LogP contribution is -2.22. The Bertz CT molecular complexity index is 518. The monoisotopic (exact) mass is 236 g/mol. The van der Waals surface area contributed by atoms with E-state index in [-0.39, 0.29) is 4.90 Å². The Morgan fingerprint density at radius 3 is 2.50 bits per heavy atom. The Balaban J connectivity index is 2.38. The van der Waals surface area contributed by atoms with Crippen LogP contribution in [0.4, 0.5) is 0 Å². The predicted molar refractivity (Wildman–Crippen MR) is 62.5 cm³/mol. The molecule has 0 fully saturated rings. The molecule has 1 aromatic carbocycles. The second-order valence-corrected chi connectivity index (χ2v) is 5.30. The molecule has 0 bridgehead atoms. The lowest BCUT2D eigenvalue weighted by molar-refractivity contribution is 0.512. The van der Waals surface area contributed by atoms with Crippen molar-refractivity contribution in [3.05, 3.63) is 42.1 Å². The van der Waals surface area contributed by atoms with Crippen molar-refractivity contribution in [3.63, 3.8) is 0 Å². The van der Waals surface area contributed by atoms with E-state index in [0.717, 1.165) is 9.98 Å². The molecular weight excluding hydrogens is 224 g/mol.